The van der Waals surface area contributed by atoms with E-state index in [1.165, 1.54) is 24.3 Å². The second kappa shape index (κ2) is 8.47. The number of rotatable bonds is 6. The summed E-state index contributed by atoms with van der Waals surface area (Å²) in [5.41, 5.74) is 1.18. The van der Waals surface area contributed by atoms with Gasteiger partial charge in [0.2, 0.25) is 5.89 Å². The highest BCUT2D eigenvalue weighted by Crippen LogP contribution is 2.27. The number of allylic oxidation sites excluding steroid dienone is 1. The van der Waals surface area contributed by atoms with E-state index in [1.54, 1.807) is 24.3 Å². The van der Waals surface area contributed by atoms with E-state index in [1.807, 2.05) is 0 Å². The Morgan fingerprint density at radius 1 is 1.25 bits per heavy atom. The van der Waals surface area contributed by atoms with Gasteiger partial charge in [0.05, 0.1) is 15.0 Å². The molecule has 0 atom stereocenters. The molecule has 3 rings (SSSR count). The third-order valence-corrected chi connectivity index (χ3v) is 4.64. The normalized spacial score (nSPS) is 11.4. The number of nitro benzene ring substituents is 1. The first kappa shape index (κ1) is 19.9. The molecular weight excluding hydrogens is 425 g/mol. The summed E-state index contributed by atoms with van der Waals surface area (Å²) in [6.45, 7) is 0. The molecule has 1 heterocycles. The molecule has 0 aliphatic carbocycles. The molecule has 0 bridgehead atoms. The standard InChI is InChI=1S/C18H11Cl2N3O4S/c19-14-5-4-11(8-15(14)20)16(24)9-12(17-21-22-18(28)27-17)6-10-2-1-3-13(7-10)23(25)26/h1-8H,9H2,(H,22,28)/b12-6-. The molecule has 0 spiro atoms. The number of aromatic amines is 1. The molecule has 28 heavy (non-hydrogen) atoms. The van der Waals surface area contributed by atoms with Crippen LogP contribution in [0.3, 0.4) is 0 Å². The van der Waals surface area contributed by atoms with Gasteiger partial charge in [-0.15, -0.1) is 5.10 Å². The van der Waals surface area contributed by atoms with Crippen LogP contribution < -0.4 is 0 Å². The van der Waals surface area contributed by atoms with Crippen molar-refractivity contribution in [2.75, 3.05) is 0 Å². The van der Waals surface area contributed by atoms with Crippen molar-refractivity contribution in [2.24, 2.45) is 0 Å². The molecular formula is C18H11Cl2N3O4S. The van der Waals surface area contributed by atoms with E-state index in [4.69, 9.17) is 39.8 Å². The van der Waals surface area contributed by atoms with E-state index in [2.05, 4.69) is 10.2 Å². The Morgan fingerprint density at radius 2 is 2.04 bits per heavy atom. The third kappa shape index (κ3) is 4.72. The first-order valence-corrected chi connectivity index (χ1v) is 8.99. The minimum atomic E-state index is -0.502. The second-order valence-electron chi connectivity index (χ2n) is 5.67. The highest BCUT2D eigenvalue weighted by Gasteiger charge is 2.16. The zero-order valence-electron chi connectivity index (χ0n) is 14.0. The predicted molar refractivity (Wildman–Crippen MR) is 108 cm³/mol. The zero-order chi connectivity index (χ0) is 20.3. The molecule has 142 valence electrons. The Labute approximate surface area is 173 Å². The first-order valence-electron chi connectivity index (χ1n) is 7.82. The number of Topliss-reactive ketones (excluding diaryl/α,β-unsaturated/α-hetero) is 1. The van der Waals surface area contributed by atoms with E-state index in [9.17, 15) is 14.9 Å². The highest BCUT2D eigenvalue weighted by atomic mass is 35.5. The summed E-state index contributed by atoms with van der Waals surface area (Å²) in [7, 11) is 0. The summed E-state index contributed by atoms with van der Waals surface area (Å²) in [5, 5.41) is 18.0. The van der Waals surface area contributed by atoms with Gasteiger partial charge in [0.1, 0.15) is 0 Å². The lowest BCUT2D eigenvalue weighted by molar-refractivity contribution is -0.384. The van der Waals surface area contributed by atoms with Crippen LogP contribution in [0, 0.1) is 15.0 Å². The molecule has 0 saturated carbocycles. The fraction of sp³-hybridized carbons (Fsp3) is 0.0556. The maximum absolute atomic E-state index is 12.7. The number of nitro groups is 1. The van der Waals surface area contributed by atoms with Crippen molar-refractivity contribution in [3.8, 4) is 0 Å². The van der Waals surface area contributed by atoms with Crippen molar-refractivity contribution < 1.29 is 14.1 Å². The van der Waals surface area contributed by atoms with E-state index in [0.29, 0.717) is 21.7 Å². The quantitative estimate of drug-likeness (QED) is 0.228. The Morgan fingerprint density at radius 3 is 2.68 bits per heavy atom. The van der Waals surface area contributed by atoms with Gasteiger partial charge in [0.15, 0.2) is 5.78 Å². The number of nitrogens with zero attached hydrogens (tertiary/aromatic N) is 2. The lowest BCUT2D eigenvalue weighted by Gasteiger charge is -2.05. The van der Waals surface area contributed by atoms with Gasteiger partial charge < -0.3 is 4.42 Å². The van der Waals surface area contributed by atoms with Crippen molar-refractivity contribution in [3.05, 3.63) is 84.5 Å². The average molecular weight is 436 g/mol. The van der Waals surface area contributed by atoms with Crippen molar-refractivity contribution in [3.63, 3.8) is 0 Å². The molecule has 1 aromatic heterocycles. The minimum absolute atomic E-state index is 0.0435. The summed E-state index contributed by atoms with van der Waals surface area (Å²) in [6, 6.07) is 10.5. The lowest BCUT2D eigenvalue weighted by Crippen LogP contribution is -2.01. The number of hydrogen-bond donors (Lipinski definition) is 1. The van der Waals surface area contributed by atoms with Crippen molar-refractivity contribution in [2.45, 2.75) is 6.42 Å². The average Bonchev–Trinajstić information content (AvgIpc) is 3.10. The van der Waals surface area contributed by atoms with Crippen LogP contribution in [0.15, 0.2) is 46.9 Å². The Bertz CT molecular complexity index is 1150. The number of hydrogen-bond acceptors (Lipinski definition) is 6. The van der Waals surface area contributed by atoms with Crippen molar-refractivity contribution >= 4 is 58.5 Å². The fourth-order valence-corrected chi connectivity index (χ4v) is 2.85. The van der Waals surface area contributed by atoms with Crippen LogP contribution in [0.5, 0.6) is 0 Å². The van der Waals surface area contributed by atoms with Crippen molar-refractivity contribution in [1.82, 2.24) is 10.2 Å². The Kier molecular flexibility index (Phi) is 6.03. The van der Waals surface area contributed by atoms with Crippen LogP contribution in [-0.2, 0) is 0 Å². The van der Waals surface area contributed by atoms with Crippen LogP contribution >= 0.6 is 35.4 Å². The van der Waals surface area contributed by atoms with E-state index in [0.717, 1.165) is 0 Å². The van der Waals surface area contributed by atoms with E-state index >= 15 is 0 Å². The molecule has 1 N–H and O–H groups in total. The third-order valence-electron chi connectivity index (χ3n) is 3.73. The molecule has 0 radical (unpaired) electrons. The van der Waals surface area contributed by atoms with Gasteiger partial charge in [-0.1, -0.05) is 35.3 Å². The molecule has 0 aliphatic rings. The summed E-state index contributed by atoms with van der Waals surface area (Å²) in [4.78, 5) is 23.2. The largest absolute Gasteiger partial charge is 0.410 e. The van der Waals surface area contributed by atoms with Crippen LogP contribution in [0.25, 0.3) is 11.6 Å². The summed E-state index contributed by atoms with van der Waals surface area (Å²) < 4.78 is 5.32. The number of non-ortho nitro benzene ring substituents is 1. The number of nitrogens with one attached hydrogen (secondary N) is 1. The van der Waals surface area contributed by atoms with Crippen LogP contribution in [0.4, 0.5) is 5.69 Å². The van der Waals surface area contributed by atoms with Gasteiger partial charge >= 0.3 is 0 Å². The molecule has 10 heteroatoms. The van der Waals surface area contributed by atoms with E-state index in [-0.39, 0.29) is 33.6 Å². The van der Waals surface area contributed by atoms with Gasteiger partial charge in [-0.05, 0) is 42.1 Å². The monoisotopic (exact) mass is 435 g/mol. The highest BCUT2D eigenvalue weighted by molar-refractivity contribution is 7.71. The molecule has 0 amide bonds. The molecule has 7 nitrogen and oxygen atoms in total. The number of H-pyrrole nitrogens is 1. The Hall–Kier alpha value is -2.81. The molecule has 3 aromatic rings. The van der Waals surface area contributed by atoms with E-state index < -0.39 is 4.92 Å². The van der Waals surface area contributed by atoms with Gasteiger partial charge in [-0.25, -0.2) is 5.10 Å². The smallest absolute Gasteiger partial charge is 0.284 e. The summed E-state index contributed by atoms with van der Waals surface area (Å²) in [5.74, 6) is -0.149. The number of halogens is 2. The topological polar surface area (TPSA) is 102 Å². The number of benzene rings is 2. The molecule has 0 saturated heterocycles. The summed E-state index contributed by atoms with van der Waals surface area (Å²) >= 11 is 16.8. The number of ketones is 1. The van der Waals surface area contributed by atoms with Gasteiger partial charge in [-0.3, -0.25) is 14.9 Å². The molecule has 0 unspecified atom stereocenters. The molecule has 0 fully saturated rings. The first-order chi connectivity index (χ1) is 13.3. The zero-order valence-corrected chi connectivity index (χ0v) is 16.3. The SMILES string of the molecule is O=C(C/C(=C/c1cccc([N+](=O)[O-])c1)c1n[nH]c(=S)o1)c1ccc(Cl)c(Cl)c1. The molecule has 2 aromatic carbocycles. The summed E-state index contributed by atoms with van der Waals surface area (Å²) in [6.07, 6.45) is 1.49. The fourth-order valence-electron chi connectivity index (χ4n) is 2.43. The van der Waals surface area contributed by atoms with Crippen LogP contribution in [-0.4, -0.2) is 20.9 Å². The maximum atomic E-state index is 12.7. The predicted octanol–water partition coefficient (Wildman–Crippen LogP) is 5.76. The number of carbonyl (C=O) groups excluding carboxylic acids is 1. The van der Waals surface area contributed by atoms with Crippen LogP contribution in [0.2, 0.25) is 10.0 Å². The number of aromatic nitrogens is 2. The Balaban J connectivity index is 1.99. The van der Waals surface area contributed by atoms with Gasteiger partial charge in [-0.2, -0.15) is 0 Å². The lowest BCUT2D eigenvalue weighted by atomic mass is 10.0. The van der Waals surface area contributed by atoms with Gasteiger partial charge in [0, 0.05) is 29.7 Å². The van der Waals surface area contributed by atoms with Crippen LogP contribution in [0.1, 0.15) is 28.2 Å². The number of carbonyl (C=O) groups is 1. The second-order valence-corrected chi connectivity index (χ2v) is 6.85. The van der Waals surface area contributed by atoms with Crippen molar-refractivity contribution in [1.29, 1.82) is 0 Å². The molecule has 0 aliphatic heterocycles. The van der Waals surface area contributed by atoms with Gasteiger partial charge in [0.25, 0.3) is 10.5 Å². The minimum Gasteiger partial charge on any atom is -0.410 e. The maximum Gasteiger partial charge on any atom is 0.284 e.